The zero-order valence-electron chi connectivity index (χ0n) is 22.3. The molecule has 12 nitrogen and oxygen atoms in total. The van der Waals surface area contributed by atoms with E-state index in [9.17, 15) is 12.8 Å². The van der Waals surface area contributed by atoms with Gasteiger partial charge >= 0.3 is 0 Å². The van der Waals surface area contributed by atoms with Crippen molar-refractivity contribution >= 4 is 32.7 Å². The number of fused-ring (bicyclic) bond motifs is 1. The van der Waals surface area contributed by atoms with E-state index in [1.165, 1.54) is 29.9 Å². The molecule has 5 rings (SSSR count). The maximum Gasteiger partial charge on any atom is 0.250 e. The maximum atomic E-state index is 14.4. The van der Waals surface area contributed by atoms with Crippen molar-refractivity contribution in [1.29, 1.82) is 0 Å². The number of methoxy groups -OCH3 is 1. The van der Waals surface area contributed by atoms with Gasteiger partial charge in [0.15, 0.2) is 11.5 Å². The summed E-state index contributed by atoms with van der Waals surface area (Å²) in [6.07, 6.45) is 6.02. The topological polar surface area (TPSA) is 142 Å². The van der Waals surface area contributed by atoms with Gasteiger partial charge in [-0.25, -0.2) is 37.7 Å². The number of ether oxygens (including phenoxy) is 1. The highest BCUT2D eigenvalue weighted by Crippen LogP contribution is 2.35. The van der Waals surface area contributed by atoms with Gasteiger partial charge in [0.2, 0.25) is 15.9 Å². The van der Waals surface area contributed by atoms with E-state index in [0.29, 0.717) is 59.4 Å². The lowest BCUT2D eigenvalue weighted by molar-refractivity contribution is 0.0906. The number of nitrogens with zero attached hydrogens (tertiary/aromatic N) is 7. The summed E-state index contributed by atoms with van der Waals surface area (Å²) in [6.45, 7) is 7.29. The summed E-state index contributed by atoms with van der Waals surface area (Å²) in [6, 6.07) is 3.21. The molecule has 1 aliphatic rings. The molecule has 0 radical (unpaired) electrons. The molecule has 1 aliphatic heterocycles. The number of halogens is 1. The molecule has 39 heavy (non-hydrogen) atoms. The first kappa shape index (κ1) is 26.8. The number of piperazine rings is 1. The van der Waals surface area contributed by atoms with Crippen molar-refractivity contribution in [1.82, 2.24) is 39.1 Å². The van der Waals surface area contributed by atoms with Crippen molar-refractivity contribution < 1.29 is 17.5 Å². The van der Waals surface area contributed by atoms with E-state index >= 15 is 0 Å². The van der Waals surface area contributed by atoms with E-state index in [4.69, 9.17) is 14.7 Å². The Morgan fingerprint density at radius 2 is 1.97 bits per heavy atom. The van der Waals surface area contributed by atoms with E-state index in [1.807, 2.05) is 13.0 Å². The van der Waals surface area contributed by atoms with Crippen LogP contribution in [0.15, 0.2) is 30.9 Å². The van der Waals surface area contributed by atoms with E-state index in [2.05, 4.69) is 37.1 Å². The second-order valence-corrected chi connectivity index (χ2v) is 11.6. The molecule has 2 atom stereocenters. The number of hydrogen-bond donors (Lipinski definition) is 2. The van der Waals surface area contributed by atoms with Crippen LogP contribution in [-0.4, -0.2) is 86.6 Å². The SMILES string of the molecule is COc1ncc(Nc2ncc([C@H](C)N3CCN(S(C)(=O)=O)C[C@@H]3C)cc2-c2nc(C)nc3nc[nH]c23)cc1F. The fourth-order valence-corrected chi connectivity index (χ4v) is 5.81. The number of anilines is 2. The van der Waals surface area contributed by atoms with Gasteiger partial charge in [0.05, 0.1) is 31.6 Å². The van der Waals surface area contributed by atoms with Crippen LogP contribution in [0.5, 0.6) is 5.88 Å². The largest absolute Gasteiger partial charge is 0.479 e. The van der Waals surface area contributed by atoms with Crippen LogP contribution in [0.4, 0.5) is 15.9 Å². The number of imidazole rings is 1. The Kier molecular flexibility index (Phi) is 7.18. The Labute approximate surface area is 225 Å². The van der Waals surface area contributed by atoms with Crippen molar-refractivity contribution in [2.24, 2.45) is 0 Å². The average Bonchev–Trinajstić information content (AvgIpc) is 3.36. The van der Waals surface area contributed by atoms with Crippen LogP contribution in [0, 0.1) is 12.7 Å². The van der Waals surface area contributed by atoms with Crippen LogP contribution in [0.1, 0.15) is 31.3 Å². The number of nitrogens with one attached hydrogen (secondary N) is 2. The van der Waals surface area contributed by atoms with Crippen molar-refractivity contribution in [3.05, 3.63) is 48.1 Å². The van der Waals surface area contributed by atoms with Gasteiger partial charge in [0, 0.05) is 49.5 Å². The summed E-state index contributed by atoms with van der Waals surface area (Å²) in [5, 5.41) is 3.17. The minimum atomic E-state index is -3.25. The van der Waals surface area contributed by atoms with E-state index in [0.717, 1.165) is 5.56 Å². The first-order valence-corrected chi connectivity index (χ1v) is 14.3. The average molecular weight is 556 g/mol. The molecular formula is C25H30FN9O3S. The Morgan fingerprint density at radius 1 is 1.18 bits per heavy atom. The molecule has 14 heteroatoms. The van der Waals surface area contributed by atoms with Crippen LogP contribution in [0.25, 0.3) is 22.4 Å². The summed E-state index contributed by atoms with van der Waals surface area (Å²) >= 11 is 0. The highest BCUT2D eigenvalue weighted by molar-refractivity contribution is 7.88. The molecule has 2 N–H and O–H groups in total. The summed E-state index contributed by atoms with van der Waals surface area (Å²) in [7, 11) is -1.90. The van der Waals surface area contributed by atoms with Gasteiger partial charge in [-0.15, -0.1) is 0 Å². The van der Waals surface area contributed by atoms with Gasteiger partial charge in [0.25, 0.3) is 0 Å². The molecule has 4 aromatic heterocycles. The fourth-order valence-electron chi connectivity index (χ4n) is 4.91. The highest BCUT2D eigenvalue weighted by Gasteiger charge is 2.32. The lowest BCUT2D eigenvalue weighted by Crippen LogP contribution is -2.53. The van der Waals surface area contributed by atoms with Crippen LogP contribution in [-0.2, 0) is 10.0 Å². The zero-order valence-corrected chi connectivity index (χ0v) is 23.1. The minimum Gasteiger partial charge on any atom is -0.479 e. The van der Waals surface area contributed by atoms with Gasteiger partial charge in [-0.3, -0.25) is 4.90 Å². The quantitative estimate of drug-likeness (QED) is 0.349. The molecule has 0 saturated carbocycles. The number of aromatic nitrogens is 6. The van der Waals surface area contributed by atoms with Gasteiger partial charge < -0.3 is 15.0 Å². The number of hydrogen-bond acceptors (Lipinski definition) is 10. The lowest BCUT2D eigenvalue weighted by Gasteiger charge is -2.42. The molecular weight excluding hydrogens is 525 g/mol. The van der Waals surface area contributed by atoms with Gasteiger partial charge in [-0.1, -0.05) is 0 Å². The number of rotatable bonds is 7. The second-order valence-electron chi connectivity index (χ2n) is 9.61. The Hall–Kier alpha value is -3.75. The maximum absolute atomic E-state index is 14.4. The van der Waals surface area contributed by atoms with E-state index in [-0.39, 0.29) is 18.0 Å². The van der Waals surface area contributed by atoms with Gasteiger partial charge in [-0.05, 0) is 32.4 Å². The summed E-state index contributed by atoms with van der Waals surface area (Å²) in [5.74, 6) is 0.275. The second kappa shape index (κ2) is 10.4. The van der Waals surface area contributed by atoms with Gasteiger partial charge in [0.1, 0.15) is 22.9 Å². The van der Waals surface area contributed by atoms with Crippen molar-refractivity contribution in [3.63, 3.8) is 0 Å². The Balaban J connectivity index is 1.55. The molecule has 1 saturated heterocycles. The van der Waals surface area contributed by atoms with Crippen molar-refractivity contribution in [3.8, 4) is 17.1 Å². The van der Waals surface area contributed by atoms with Crippen LogP contribution in [0.2, 0.25) is 0 Å². The van der Waals surface area contributed by atoms with Crippen molar-refractivity contribution in [2.75, 3.05) is 38.3 Å². The number of H-pyrrole nitrogens is 1. The zero-order chi connectivity index (χ0) is 27.9. The van der Waals surface area contributed by atoms with Gasteiger partial charge in [-0.2, -0.15) is 4.31 Å². The normalized spacial score (nSPS) is 17.8. The molecule has 5 heterocycles. The fraction of sp³-hybridized carbons (Fsp3) is 0.400. The minimum absolute atomic E-state index is 0.00122. The molecule has 0 aliphatic carbocycles. The Morgan fingerprint density at radius 3 is 2.67 bits per heavy atom. The van der Waals surface area contributed by atoms with Crippen LogP contribution < -0.4 is 10.1 Å². The molecule has 1 fully saturated rings. The molecule has 206 valence electrons. The molecule has 0 bridgehead atoms. The number of aromatic amines is 1. The van der Waals surface area contributed by atoms with E-state index in [1.54, 1.807) is 19.4 Å². The third-order valence-corrected chi connectivity index (χ3v) is 8.19. The van der Waals surface area contributed by atoms with Crippen LogP contribution >= 0.6 is 0 Å². The number of pyridine rings is 2. The monoisotopic (exact) mass is 555 g/mol. The van der Waals surface area contributed by atoms with Crippen molar-refractivity contribution in [2.45, 2.75) is 32.9 Å². The van der Waals surface area contributed by atoms with E-state index < -0.39 is 15.8 Å². The number of sulfonamides is 1. The van der Waals surface area contributed by atoms with Crippen LogP contribution in [0.3, 0.4) is 0 Å². The summed E-state index contributed by atoms with van der Waals surface area (Å²) in [4.78, 5) is 27.5. The summed E-state index contributed by atoms with van der Waals surface area (Å²) < 4.78 is 45.0. The smallest absolute Gasteiger partial charge is 0.250 e. The predicted octanol–water partition coefficient (Wildman–Crippen LogP) is 3.04. The first-order valence-electron chi connectivity index (χ1n) is 12.4. The Bertz CT molecular complexity index is 1630. The predicted molar refractivity (Wildman–Crippen MR) is 145 cm³/mol. The molecule has 0 aromatic carbocycles. The highest BCUT2D eigenvalue weighted by atomic mass is 32.2. The molecule has 0 amide bonds. The first-order chi connectivity index (χ1) is 18.5. The molecule has 4 aromatic rings. The third kappa shape index (κ3) is 5.40. The number of aryl methyl sites for hydroxylation is 1. The lowest BCUT2D eigenvalue weighted by atomic mass is 10.0. The molecule has 0 unspecified atom stereocenters. The molecule has 0 spiro atoms. The standard InChI is InChI=1S/C25H30FN9O3S/c1-14-12-34(39(5,36)37)6-7-35(14)15(2)17-8-19(21-22-24(30-13-29-22)32-16(3)31-21)23(27-10-17)33-18-9-20(26)25(38-4)28-11-18/h8-11,13-15H,6-7,12H2,1-5H3,(H,27,33)(H,29,30,31,32)/t14-,15-/m0/s1. The third-order valence-electron chi connectivity index (χ3n) is 6.92. The summed E-state index contributed by atoms with van der Waals surface area (Å²) in [5.41, 5.74) is 3.72.